The molecule has 0 saturated carbocycles. The fourth-order valence-corrected chi connectivity index (χ4v) is 1.49. The number of rotatable bonds is 3. The van der Waals surface area contributed by atoms with E-state index in [-0.39, 0.29) is 6.20 Å². The van der Waals surface area contributed by atoms with Crippen LogP contribution in [-0.4, -0.2) is 16.1 Å². The Morgan fingerprint density at radius 2 is 2.05 bits per heavy atom. The molecule has 0 saturated heterocycles. The molecule has 1 aromatic heterocycles. The van der Waals surface area contributed by atoms with Gasteiger partial charge in [-0.25, -0.2) is 13.8 Å². The average Bonchev–Trinajstić information content (AvgIpc) is 2.25. The first-order chi connectivity index (χ1) is 8.68. The molecule has 0 aliphatic heterocycles. The molecule has 1 aromatic rings. The molecular weight excluding hydrogens is 275 g/mol. The molecule has 4 nitrogen and oxygen atoms in total. The van der Waals surface area contributed by atoms with Crippen molar-refractivity contribution in [3.05, 3.63) is 28.6 Å². The molecule has 0 fully saturated rings. The normalized spacial score (nSPS) is 11.4. The molecule has 0 aromatic carbocycles. The van der Waals surface area contributed by atoms with Crippen LogP contribution in [0.1, 0.15) is 28.8 Å². The zero-order chi connectivity index (χ0) is 14.8. The van der Waals surface area contributed by atoms with E-state index in [0.717, 1.165) is 0 Å². The summed E-state index contributed by atoms with van der Waals surface area (Å²) in [5, 5.41) is 17.1. The molecule has 0 unspecified atom stereocenters. The van der Waals surface area contributed by atoms with Gasteiger partial charge < -0.3 is 5.11 Å². The number of nitrogens with zero attached hydrogens (tertiary/aromatic N) is 2. The minimum Gasteiger partial charge on any atom is -0.481 e. The van der Waals surface area contributed by atoms with E-state index in [4.69, 9.17) is 10.4 Å². The highest BCUT2D eigenvalue weighted by atomic mass is 19.4. The van der Waals surface area contributed by atoms with Crippen molar-refractivity contribution < 1.29 is 31.9 Å². The van der Waals surface area contributed by atoms with E-state index in [0.29, 0.717) is 0 Å². The Morgan fingerprint density at radius 1 is 1.47 bits per heavy atom. The van der Waals surface area contributed by atoms with Crippen LogP contribution >= 0.6 is 0 Å². The number of nitriles is 1. The summed E-state index contributed by atoms with van der Waals surface area (Å²) in [6, 6.07) is 1.26. The topological polar surface area (TPSA) is 74.0 Å². The predicted molar refractivity (Wildman–Crippen MR) is 50.3 cm³/mol. The van der Waals surface area contributed by atoms with Crippen LogP contribution in [0.2, 0.25) is 0 Å². The van der Waals surface area contributed by atoms with Crippen LogP contribution in [0.5, 0.6) is 0 Å². The zero-order valence-corrected chi connectivity index (χ0v) is 9.00. The fraction of sp³-hybridized carbons (Fsp3) is 0.300. The molecule has 0 spiro atoms. The molecule has 102 valence electrons. The summed E-state index contributed by atoms with van der Waals surface area (Å²) in [6.07, 6.45) is -9.67. The third kappa shape index (κ3) is 3.15. The van der Waals surface area contributed by atoms with E-state index < -0.39 is 47.4 Å². The van der Waals surface area contributed by atoms with E-state index in [9.17, 15) is 26.7 Å². The van der Waals surface area contributed by atoms with Gasteiger partial charge in [0.15, 0.2) is 0 Å². The number of carbonyl (C=O) groups is 1. The number of halogens is 5. The van der Waals surface area contributed by atoms with Gasteiger partial charge in [-0.3, -0.25) is 4.79 Å². The number of aromatic nitrogens is 1. The van der Waals surface area contributed by atoms with Crippen LogP contribution < -0.4 is 0 Å². The molecule has 0 amide bonds. The van der Waals surface area contributed by atoms with Crippen molar-refractivity contribution in [3.8, 4) is 6.07 Å². The molecule has 0 aliphatic rings. The number of carboxylic acid groups (broad SMARTS) is 1. The zero-order valence-electron chi connectivity index (χ0n) is 9.00. The maximum absolute atomic E-state index is 12.8. The number of pyridine rings is 1. The fourth-order valence-electron chi connectivity index (χ4n) is 1.49. The molecule has 0 aliphatic carbocycles. The first-order valence-corrected chi connectivity index (χ1v) is 4.67. The Labute approximate surface area is 103 Å². The third-order valence-corrected chi connectivity index (χ3v) is 2.16. The monoisotopic (exact) mass is 280 g/mol. The van der Waals surface area contributed by atoms with Crippen molar-refractivity contribution in [2.24, 2.45) is 0 Å². The molecule has 1 N–H and O–H groups in total. The van der Waals surface area contributed by atoms with Gasteiger partial charge in [-0.2, -0.15) is 18.4 Å². The van der Waals surface area contributed by atoms with E-state index in [2.05, 4.69) is 4.98 Å². The maximum Gasteiger partial charge on any atom is 0.417 e. The van der Waals surface area contributed by atoms with Crippen LogP contribution in [-0.2, 0) is 17.4 Å². The van der Waals surface area contributed by atoms with Gasteiger partial charge in [0.25, 0.3) is 6.43 Å². The molecule has 9 heteroatoms. The van der Waals surface area contributed by atoms with Gasteiger partial charge in [0.05, 0.1) is 12.0 Å². The van der Waals surface area contributed by atoms with Crippen LogP contribution in [0.25, 0.3) is 0 Å². The van der Waals surface area contributed by atoms with Crippen molar-refractivity contribution in [2.75, 3.05) is 0 Å². The number of alkyl halides is 5. The van der Waals surface area contributed by atoms with Crippen molar-refractivity contribution in [3.63, 3.8) is 0 Å². The van der Waals surface area contributed by atoms with Gasteiger partial charge in [0.1, 0.15) is 11.8 Å². The highest BCUT2D eigenvalue weighted by Crippen LogP contribution is 2.39. The minimum absolute atomic E-state index is 0.234. The summed E-state index contributed by atoms with van der Waals surface area (Å²) in [5.74, 6) is -1.68. The lowest BCUT2D eigenvalue weighted by Crippen LogP contribution is -2.18. The summed E-state index contributed by atoms with van der Waals surface area (Å²) in [7, 11) is 0. The van der Waals surface area contributed by atoms with Crippen molar-refractivity contribution >= 4 is 5.97 Å². The Kier molecular flexibility index (Phi) is 4.04. The number of hydrogen-bond donors (Lipinski definition) is 1. The second-order valence-electron chi connectivity index (χ2n) is 3.40. The van der Waals surface area contributed by atoms with Crippen molar-refractivity contribution in [1.29, 1.82) is 5.26 Å². The highest BCUT2D eigenvalue weighted by molar-refractivity contribution is 5.72. The summed E-state index contributed by atoms with van der Waals surface area (Å²) in [6.45, 7) is 0. The lowest BCUT2D eigenvalue weighted by Gasteiger charge is -2.16. The van der Waals surface area contributed by atoms with Crippen LogP contribution in [0.4, 0.5) is 22.0 Å². The quantitative estimate of drug-likeness (QED) is 0.863. The Bertz CT molecular complexity index is 548. The molecule has 0 atom stereocenters. The molecule has 1 heterocycles. The second-order valence-corrected chi connectivity index (χ2v) is 3.40. The van der Waals surface area contributed by atoms with Gasteiger partial charge >= 0.3 is 12.1 Å². The number of aliphatic carboxylic acids is 1. The first kappa shape index (κ1) is 14.8. The summed E-state index contributed by atoms with van der Waals surface area (Å²) >= 11 is 0. The van der Waals surface area contributed by atoms with Crippen molar-refractivity contribution in [2.45, 2.75) is 19.0 Å². The van der Waals surface area contributed by atoms with E-state index in [1.165, 1.54) is 6.07 Å². The van der Waals surface area contributed by atoms with Gasteiger partial charge in [0, 0.05) is 17.3 Å². The van der Waals surface area contributed by atoms with Gasteiger partial charge in [-0.15, -0.1) is 0 Å². The summed E-state index contributed by atoms with van der Waals surface area (Å²) < 4.78 is 63.4. The minimum atomic E-state index is -5.20. The van der Waals surface area contributed by atoms with Gasteiger partial charge in [-0.1, -0.05) is 0 Å². The molecule has 0 bridgehead atoms. The number of carboxylic acids is 1. The molecule has 19 heavy (non-hydrogen) atoms. The Balaban J connectivity index is 3.67. The van der Waals surface area contributed by atoms with Gasteiger partial charge in [-0.05, 0) is 0 Å². The van der Waals surface area contributed by atoms with Gasteiger partial charge in [0.2, 0.25) is 0 Å². The molecule has 1 rings (SSSR count). The summed E-state index contributed by atoms with van der Waals surface area (Å²) in [5.41, 5.74) is -5.14. The average molecular weight is 280 g/mol. The van der Waals surface area contributed by atoms with E-state index in [1.807, 2.05) is 0 Å². The predicted octanol–water partition coefficient (Wildman–Crippen LogP) is 2.54. The summed E-state index contributed by atoms with van der Waals surface area (Å²) in [4.78, 5) is 13.6. The smallest absolute Gasteiger partial charge is 0.417 e. The first-order valence-electron chi connectivity index (χ1n) is 4.67. The highest BCUT2D eigenvalue weighted by Gasteiger charge is 2.40. The van der Waals surface area contributed by atoms with Crippen molar-refractivity contribution in [1.82, 2.24) is 4.98 Å². The lowest BCUT2D eigenvalue weighted by molar-refractivity contribution is -0.141. The second kappa shape index (κ2) is 5.17. The Hall–Kier alpha value is -2.24. The largest absolute Gasteiger partial charge is 0.481 e. The van der Waals surface area contributed by atoms with Crippen LogP contribution in [0.15, 0.2) is 6.20 Å². The van der Waals surface area contributed by atoms with E-state index >= 15 is 0 Å². The Morgan fingerprint density at radius 3 is 2.42 bits per heavy atom. The van der Waals surface area contributed by atoms with Crippen LogP contribution in [0.3, 0.4) is 0 Å². The SMILES string of the molecule is N#Cc1ncc(C(F)F)c(C(F)(F)F)c1CC(=O)O. The number of hydrogen-bond acceptors (Lipinski definition) is 3. The standard InChI is InChI=1S/C10H5F5N2O2/c11-9(12)5-3-17-6(2-16)4(1-7(18)19)8(5)10(13,14)15/h3,9H,1H2,(H,18,19). The molecular formula is C10H5F5N2O2. The third-order valence-electron chi connectivity index (χ3n) is 2.16. The molecule has 0 radical (unpaired) electrons. The maximum atomic E-state index is 12.8. The lowest BCUT2D eigenvalue weighted by atomic mass is 9.98. The van der Waals surface area contributed by atoms with Crippen LogP contribution in [0, 0.1) is 11.3 Å². The van der Waals surface area contributed by atoms with E-state index in [1.54, 1.807) is 0 Å².